The second kappa shape index (κ2) is 7.63. The lowest BCUT2D eigenvalue weighted by molar-refractivity contribution is -0.146. The van der Waals surface area contributed by atoms with Crippen LogP contribution in [0.1, 0.15) is 26.7 Å². The minimum absolute atomic E-state index is 0.199. The molecule has 1 aliphatic rings. The molecule has 0 radical (unpaired) electrons. The van der Waals surface area contributed by atoms with Crippen LogP contribution in [-0.4, -0.2) is 51.1 Å². The van der Waals surface area contributed by atoms with Crippen molar-refractivity contribution in [1.82, 2.24) is 5.32 Å². The lowest BCUT2D eigenvalue weighted by Gasteiger charge is -2.25. The molecule has 0 aromatic carbocycles. The molecule has 1 aliphatic heterocycles. The number of hydrogen-bond acceptors (Lipinski definition) is 5. The summed E-state index contributed by atoms with van der Waals surface area (Å²) in [4.78, 5) is 11.5. The first-order chi connectivity index (χ1) is 8.13. The molecule has 0 saturated carbocycles. The van der Waals surface area contributed by atoms with Crippen molar-refractivity contribution in [2.75, 3.05) is 26.9 Å². The molecule has 1 N–H and O–H groups in total. The van der Waals surface area contributed by atoms with E-state index in [2.05, 4.69) is 5.32 Å². The van der Waals surface area contributed by atoms with E-state index < -0.39 is 0 Å². The number of ether oxygens (including phenoxy) is 3. The Balaban J connectivity index is 2.34. The van der Waals surface area contributed by atoms with Gasteiger partial charge in [-0.3, -0.25) is 4.79 Å². The maximum atomic E-state index is 11.5. The topological polar surface area (TPSA) is 56.8 Å². The fourth-order valence-electron chi connectivity index (χ4n) is 1.80. The van der Waals surface area contributed by atoms with Crippen molar-refractivity contribution in [2.24, 2.45) is 0 Å². The monoisotopic (exact) mass is 245 g/mol. The van der Waals surface area contributed by atoms with Gasteiger partial charge in [0.05, 0.1) is 19.8 Å². The minimum Gasteiger partial charge on any atom is -0.468 e. The highest BCUT2D eigenvalue weighted by Gasteiger charge is 2.22. The smallest absolute Gasteiger partial charge is 0.325 e. The van der Waals surface area contributed by atoms with Crippen LogP contribution in [0.15, 0.2) is 0 Å². The Morgan fingerprint density at radius 1 is 1.41 bits per heavy atom. The van der Waals surface area contributed by atoms with Crippen LogP contribution in [0.25, 0.3) is 0 Å². The third-order valence-electron chi connectivity index (χ3n) is 2.69. The van der Waals surface area contributed by atoms with Gasteiger partial charge in [0.1, 0.15) is 6.04 Å². The van der Waals surface area contributed by atoms with E-state index in [1.54, 1.807) is 0 Å². The summed E-state index contributed by atoms with van der Waals surface area (Å²) < 4.78 is 15.7. The van der Waals surface area contributed by atoms with Crippen LogP contribution >= 0.6 is 0 Å². The fourth-order valence-corrected chi connectivity index (χ4v) is 1.80. The Kier molecular flexibility index (Phi) is 6.47. The SMILES string of the molecule is COC(=O)C(COC1CCOCC1)NC(C)C. The summed E-state index contributed by atoms with van der Waals surface area (Å²) in [7, 11) is 1.39. The van der Waals surface area contributed by atoms with E-state index in [0.717, 1.165) is 26.1 Å². The van der Waals surface area contributed by atoms with E-state index in [4.69, 9.17) is 14.2 Å². The van der Waals surface area contributed by atoms with Gasteiger partial charge < -0.3 is 19.5 Å². The second-order valence-electron chi connectivity index (χ2n) is 4.54. The molecule has 5 nitrogen and oxygen atoms in total. The molecule has 1 rings (SSSR count). The van der Waals surface area contributed by atoms with E-state index in [0.29, 0.717) is 6.61 Å². The van der Waals surface area contributed by atoms with Crippen molar-refractivity contribution in [3.63, 3.8) is 0 Å². The molecule has 1 fully saturated rings. The first kappa shape index (κ1) is 14.4. The number of hydrogen-bond donors (Lipinski definition) is 1. The van der Waals surface area contributed by atoms with Gasteiger partial charge in [-0.15, -0.1) is 0 Å². The zero-order chi connectivity index (χ0) is 12.7. The van der Waals surface area contributed by atoms with E-state index in [1.807, 2.05) is 13.8 Å². The number of carbonyl (C=O) groups excluding carboxylic acids is 1. The van der Waals surface area contributed by atoms with Crippen molar-refractivity contribution in [1.29, 1.82) is 0 Å². The first-order valence-electron chi connectivity index (χ1n) is 6.16. The van der Waals surface area contributed by atoms with Gasteiger partial charge in [0.2, 0.25) is 0 Å². The van der Waals surface area contributed by atoms with Gasteiger partial charge in [0, 0.05) is 19.3 Å². The molecule has 0 bridgehead atoms. The fraction of sp³-hybridized carbons (Fsp3) is 0.917. The predicted octanol–water partition coefficient (Wildman–Crippen LogP) is 0.722. The average Bonchev–Trinajstić information content (AvgIpc) is 2.34. The van der Waals surface area contributed by atoms with Crippen LogP contribution < -0.4 is 5.32 Å². The van der Waals surface area contributed by atoms with E-state index in [9.17, 15) is 4.79 Å². The summed E-state index contributed by atoms with van der Waals surface area (Å²) in [6, 6.07) is -0.166. The van der Waals surface area contributed by atoms with E-state index in [-0.39, 0.29) is 24.2 Å². The Morgan fingerprint density at radius 3 is 2.59 bits per heavy atom. The van der Waals surface area contributed by atoms with Crippen molar-refractivity contribution in [2.45, 2.75) is 44.9 Å². The molecule has 1 unspecified atom stereocenters. The summed E-state index contributed by atoms with van der Waals surface area (Å²) in [5.41, 5.74) is 0. The standard InChI is InChI=1S/C12H23NO4/c1-9(2)13-11(12(14)15-3)8-17-10-4-6-16-7-5-10/h9-11,13H,4-8H2,1-3H3. The molecule has 0 aromatic heterocycles. The third-order valence-corrected chi connectivity index (χ3v) is 2.69. The van der Waals surface area contributed by atoms with Gasteiger partial charge in [-0.2, -0.15) is 0 Å². The van der Waals surface area contributed by atoms with Gasteiger partial charge >= 0.3 is 5.97 Å². The predicted molar refractivity (Wildman–Crippen MR) is 63.9 cm³/mol. The summed E-state index contributed by atoms with van der Waals surface area (Å²) in [6.07, 6.45) is 2.00. The lowest BCUT2D eigenvalue weighted by atomic mass is 10.1. The molecule has 0 spiro atoms. The second-order valence-corrected chi connectivity index (χ2v) is 4.54. The molecule has 1 atom stereocenters. The number of nitrogens with one attached hydrogen (secondary N) is 1. The van der Waals surface area contributed by atoms with Crippen LogP contribution in [0, 0.1) is 0 Å². The van der Waals surface area contributed by atoms with Crippen LogP contribution in [0.3, 0.4) is 0 Å². The van der Waals surface area contributed by atoms with Gasteiger partial charge in [0.25, 0.3) is 0 Å². The lowest BCUT2D eigenvalue weighted by Crippen LogP contribution is -2.45. The highest BCUT2D eigenvalue weighted by atomic mass is 16.5. The van der Waals surface area contributed by atoms with Crippen LogP contribution in [0.4, 0.5) is 0 Å². The molecule has 5 heteroatoms. The largest absolute Gasteiger partial charge is 0.468 e. The Morgan fingerprint density at radius 2 is 2.06 bits per heavy atom. The highest BCUT2D eigenvalue weighted by Crippen LogP contribution is 2.11. The Labute approximate surface area is 103 Å². The zero-order valence-corrected chi connectivity index (χ0v) is 10.9. The van der Waals surface area contributed by atoms with E-state index in [1.165, 1.54) is 7.11 Å². The average molecular weight is 245 g/mol. The van der Waals surface area contributed by atoms with Gasteiger partial charge in [-0.25, -0.2) is 0 Å². The number of methoxy groups -OCH3 is 1. The molecule has 100 valence electrons. The molecule has 1 heterocycles. The Hall–Kier alpha value is -0.650. The molecule has 0 amide bonds. The van der Waals surface area contributed by atoms with Crippen molar-refractivity contribution in [3.8, 4) is 0 Å². The molecule has 17 heavy (non-hydrogen) atoms. The molecule has 0 aliphatic carbocycles. The first-order valence-corrected chi connectivity index (χ1v) is 6.16. The normalized spacial score (nSPS) is 19.3. The van der Waals surface area contributed by atoms with Crippen LogP contribution in [-0.2, 0) is 19.0 Å². The van der Waals surface area contributed by atoms with Crippen molar-refractivity contribution >= 4 is 5.97 Å². The Bertz CT molecular complexity index is 227. The maximum absolute atomic E-state index is 11.5. The van der Waals surface area contributed by atoms with Crippen LogP contribution in [0.2, 0.25) is 0 Å². The van der Waals surface area contributed by atoms with Gasteiger partial charge in [-0.05, 0) is 12.8 Å². The summed E-state index contributed by atoms with van der Waals surface area (Å²) >= 11 is 0. The van der Waals surface area contributed by atoms with Crippen molar-refractivity contribution < 1.29 is 19.0 Å². The quantitative estimate of drug-likeness (QED) is 0.699. The third kappa shape index (κ3) is 5.48. The number of carbonyl (C=O) groups is 1. The highest BCUT2D eigenvalue weighted by molar-refractivity contribution is 5.75. The molecule has 0 aromatic rings. The summed E-state index contributed by atoms with van der Waals surface area (Å²) in [5, 5.41) is 3.14. The molecular formula is C12H23NO4. The summed E-state index contributed by atoms with van der Waals surface area (Å²) in [6.45, 7) is 5.82. The number of rotatable bonds is 6. The van der Waals surface area contributed by atoms with Crippen molar-refractivity contribution in [3.05, 3.63) is 0 Å². The minimum atomic E-state index is -0.386. The number of esters is 1. The molecular weight excluding hydrogens is 222 g/mol. The summed E-state index contributed by atoms with van der Waals surface area (Å²) in [5.74, 6) is -0.272. The van der Waals surface area contributed by atoms with E-state index >= 15 is 0 Å². The van der Waals surface area contributed by atoms with Gasteiger partial charge in [0.15, 0.2) is 0 Å². The zero-order valence-electron chi connectivity index (χ0n) is 10.9. The maximum Gasteiger partial charge on any atom is 0.325 e. The molecule has 1 saturated heterocycles. The van der Waals surface area contributed by atoms with Crippen LogP contribution in [0.5, 0.6) is 0 Å². The van der Waals surface area contributed by atoms with Gasteiger partial charge in [-0.1, -0.05) is 13.8 Å².